The zero-order valence-corrected chi connectivity index (χ0v) is 17.7. The van der Waals surface area contributed by atoms with E-state index in [2.05, 4.69) is 20.6 Å². The molecule has 0 radical (unpaired) electrons. The van der Waals surface area contributed by atoms with Crippen molar-refractivity contribution in [2.24, 2.45) is 17.3 Å². The quantitative estimate of drug-likeness (QED) is 0.770. The molecule has 7 nitrogen and oxygen atoms in total. The average Bonchev–Trinajstić information content (AvgIpc) is 2.92. The lowest BCUT2D eigenvalue weighted by atomic mass is 9.92. The Labute approximate surface area is 172 Å². The fraction of sp³-hybridized carbons (Fsp3) is 0.667. The third-order valence-corrected chi connectivity index (χ3v) is 5.12. The van der Waals surface area contributed by atoms with Gasteiger partial charge in [0.2, 0.25) is 5.91 Å². The van der Waals surface area contributed by atoms with Crippen LogP contribution >= 0.6 is 24.8 Å². The highest BCUT2D eigenvalue weighted by atomic mass is 35.5. The van der Waals surface area contributed by atoms with Gasteiger partial charge in [-0.15, -0.1) is 24.8 Å². The molecule has 152 valence electrons. The number of carbonyl (C=O) groups is 2. The van der Waals surface area contributed by atoms with E-state index in [1.54, 1.807) is 0 Å². The van der Waals surface area contributed by atoms with Gasteiger partial charge in [0.25, 0.3) is 5.91 Å². The highest BCUT2D eigenvalue weighted by molar-refractivity contribution is 6.02. The monoisotopic (exact) mass is 417 g/mol. The summed E-state index contributed by atoms with van der Waals surface area (Å²) in [7, 11) is 0. The average molecular weight is 418 g/mol. The molecule has 3 rings (SSSR count). The van der Waals surface area contributed by atoms with Crippen LogP contribution in [-0.2, 0) is 4.79 Å². The number of rotatable bonds is 2. The van der Waals surface area contributed by atoms with Crippen LogP contribution in [0, 0.1) is 17.3 Å². The molecule has 1 aromatic rings. The summed E-state index contributed by atoms with van der Waals surface area (Å²) in [4.78, 5) is 35.5. The lowest BCUT2D eigenvalue weighted by Crippen LogP contribution is -2.35. The summed E-state index contributed by atoms with van der Waals surface area (Å²) in [6.45, 7) is 9.01. The Hall–Kier alpha value is -1.44. The van der Waals surface area contributed by atoms with Gasteiger partial charge < -0.3 is 15.5 Å². The van der Waals surface area contributed by atoms with Crippen molar-refractivity contribution in [2.45, 2.75) is 33.6 Å². The van der Waals surface area contributed by atoms with Gasteiger partial charge in [-0.25, -0.2) is 9.97 Å². The molecule has 0 saturated carbocycles. The number of likely N-dealkylation sites (tertiary alicyclic amines) is 1. The number of carbonyl (C=O) groups excluding carboxylic acids is 2. The number of aromatic nitrogens is 2. The van der Waals surface area contributed by atoms with Crippen molar-refractivity contribution in [3.63, 3.8) is 0 Å². The van der Waals surface area contributed by atoms with Crippen LogP contribution in [0.5, 0.6) is 0 Å². The van der Waals surface area contributed by atoms with Gasteiger partial charge in [0.15, 0.2) is 11.5 Å². The van der Waals surface area contributed by atoms with Crippen molar-refractivity contribution >= 4 is 42.4 Å². The predicted molar refractivity (Wildman–Crippen MR) is 110 cm³/mol. The van der Waals surface area contributed by atoms with Crippen molar-refractivity contribution < 1.29 is 9.59 Å². The number of nitrogens with zero attached hydrogens (tertiary/aromatic N) is 3. The first-order valence-electron chi connectivity index (χ1n) is 8.98. The summed E-state index contributed by atoms with van der Waals surface area (Å²) in [6.07, 6.45) is 5.00. The van der Waals surface area contributed by atoms with E-state index in [9.17, 15) is 9.59 Å². The fourth-order valence-electron chi connectivity index (χ4n) is 3.45. The Kier molecular flexibility index (Phi) is 8.45. The van der Waals surface area contributed by atoms with Crippen LogP contribution in [0.25, 0.3) is 0 Å². The maximum atomic E-state index is 13.0. The molecule has 0 bridgehead atoms. The highest BCUT2D eigenvalue weighted by Crippen LogP contribution is 2.28. The van der Waals surface area contributed by atoms with Gasteiger partial charge in [0.1, 0.15) is 0 Å². The minimum Gasteiger partial charge on any atom is -0.337 e. The number of nitrogens with one attached hydrogen (secondary N) is 2. The van der Waals surface area contributed by atoms with E-state index in [1.807, 2.05) is 25.7 Å². The predicted octanol–water partition coefficient (Wildman–Crippen LogP) is 2.38. The number of hydrogen-bond donors (Lipinski definition) is 2. The summed E-state index contributed by atoms with van der Waals surface area (Å²) >= 11 is 0. The molecule has 2 saturated heterocycles. The van der Waals surface area contributed by atoms with Crippen molar-refractivity contribution in [1.82, 2.24) is 20.2 Å². The second-order valence-corrected chi connectivity index (χ2v) is 8.01. The molecule has 2 atom stereocenters. The summed E-state index contributed by atoms with van der Waals surface area (Å²) in [5.74, 6) is 1.22. The van der Waals surface area contributed by atoms with Gasteiger partial charge in [-0.05, 0) is 37.8 Å². The normalized spacial score (nSPS) is 22.0. The molecule has 2 aliphatic heterocycles. The van der Waals surface area contributed by atoms with Crippen LogP contribution in [0.1, 0.15) is 44.1 Å². The molecule has 27 heavy (non-hydrogen) atoms. The van der Waals surface area contributed by atoms with E-state index < -0.39 is 5.41 Å². The lowest BCUT2D eigenvalue weighted by molar-refractivity contribution is -0.123. The molecule has 2 aliphatic rings. The van der Waals surface area contributed by atoms with Gasteiger partial charge >= 0.3 is 0 Å². The van der Waals surface area contributed by atoms with Crippen LogP contribution in [0.3, 0.4) is 0 Å². The van der Waals surface area contributed by atoms with E-state index in [0.29, 0.717) is 11.8 Å². The molecule has 0 spiro atoms. The summed E-state index contributed by atoms with van der Waals surface area (Å²) < 4.78 is 0. The maximum Gasteiger partial charge on any atom is 0.276 e. The Bertz CT molecular complexity index is 651. The Morgan fingerprint density at radius 2 is 1.63 bits per heavy atom. The number of fused-ring (bicyclic) bond motifs is 1. The van der Waals surface area contributed by atoms with Crippen molar-refractivity contribution in [1.29, 1.82) is 0 Å². The number of hydrogen-bond acceptors (Lipinski definition) is 5. The van der Waals surface area contributed by atoms with Gasteiger partial charge in [-0.1, -0.05) is 20.8 Å². The fourth-order valence-corrected chi connectivity index (χ4v) is 3.45. The Balaban J connectivity index is 0.00000182. The van der Waals surface area contributed by atoms with E-state index in [0.717, 1.165) is 39.0 Å². The first-order chi connectivity index (χ1) is 11.9. The molecular weight excluding hydrogens is 389 g/mol. The molecule has 9 heteroatoms. The SMILES string of the molecule is CC(C)(C)C(=O)Nc1nccnc1C(=O)N1CC[C@@H]2CNC[C@@H]2CC1.Cl.Cl. The largest absolute Gasteiger partial charge is 0.337 e. The third-order valence-electron chi connectivity index (χ3n) is 5.12. The first kappa shape index (κ1) is 23.6. The van der Waals surface area contributed by atoms with Crippen molar-refractivity contribution in [3.8, 4) is 0 Å². The lowest BCUT2D eigenvalue weighted by Gasteiger charge is -2.22. The minimum atomic E-state index is -0.565. The molecular formula is C18H29Cl2N5O2. The molecule has 0 aromatic carbocycles. The van der Waals surface area contributed by atoms with Gasteiger partial charge in [-0.2, -0.15) is 0 Å². The molecule has 2 N–H and O–H groups in total. The summed E-state index contributed by atoms with van der Waals surface area (Å²) in [6, 6.07) is 0. The van der Waals surface area contributed by atoms with E-state index in [-0.39, 0.29) is 48.1 Å². The molecule has 1 aromatic heterocycles. The standard InChI is InChI=1S/C18H27N5O2.2ClH/c1-18(2,3)17(25)22-15-14(20-6-7-21-15)16(24)23-8-4-12-10-19-11-13(12)5-9-23;;/h6-7,12-13,19H,4-5,8-11H2,1-3H3,(H,21,22,25);2*1H/t12-,13+;;. The number of anilines is 1. The molecule has 2 fully saturated rings. The van der Waals surface area contributed by atoms with E-state index in [1.165, 1.54) is 12.4 Å². The zero-order chi connectivity index (χ0) is 18.0. The van der Waals surface area contributed by atoms with Crippen molar-refractivity contribution in [2.75, 3.05) is 31.5 Å². The van der Waals surface area contributed by atoms with Gasteiger partial charge in [0.05, 0.1) is 0 Å². The maximum absolute atomic E-state index is 13.0. The molecule has 0 unspecified atom stereocenters. The summed E-state index contributed by atoms with van der Waals surface area (Å²) in [5, 5.41) is 6.20. The van der Waals surface area contributed by atoms with E-state index in [4.69, 9.17) is 0 Å². The van der Waals surface area contributed by atoms with Gasteiger partial charge in [-0.3, -0.25) is 9.59 Å². The molecule has 3 heterocycles. The molecule has 0 aliphatic carbocycles. The Morgan fingerprint density at radius 1 is 1.07 bits per heavy atom. The van der Waals surface area contributed by atoms with Crippen LogP contribution in [0.2, 0.25) is 0 Å². The van der Waals surface area contributed by atoms with E-state index >= 15 is 0 Å². The minimum absolute atomic E-state index is 0. The van der Waals surface area contributed by atoms with Gasteiger partial charge in [0, 0.05) is 30.9 Å². The number of halogens is 2. The van der Waals surface area contributed by atoms with Crippen LogP contribution in [-0.4, -0.2) is 52.9 Å². The smallest absolute Gasteiger partial charge is 0.276 e. The van der Waals surface area contributed by atoms with Crippen LogP contribution < -0.4 is 10.6 Å². The highest BCUT2D eigenvalue weighted by Gasteiger charge is 2.33. The second-order valence-electron chi connectivity index (χ2n) is 8.01. The van der Waals surface area contributed by atoms with Crippen molar-refractivity contribution in [3.05, 3.63) is 18.1 Å². The third kappa shape index (κ3) is 5.53. The molecule has 2 amide bonds. The Morgan fingerprint density at radius 3 is 2.19 bits per heavy atom. The topological polar surface area (TPSA) is 87.2 Å². The zero-order valence-electron chi connectivity index (χ0n) is 16.0. The number of amides is 2. The second kappa shape index (κ2) is 9.66. The first-order valence-corrected chi connectivity index (χ1v) is 8.98. The van der Waals surface area contributed by atoms with Crippen LogP contribution in [0.15, 0.2) is 12.4 Å². The van der Waals surface area contributed by atoms with Crippen LogP contribution in [0.4, 0.5) is 5.82 Å². The summed E-state index contributed by atoms with van der Waals surface area (Å²) in [5.41, 5.74) is -0.337.